The standard InChI is InChI=1S/C16H18FN7O/c17-13-3-1-12(2-4-13)14(23-7-9-25-10-8-23)11-18-15-5-6-16-19-21-22-24(16)20-15/h1-6,14H,7-11H2,(H,18,20)/t14-/m1/s1. The molecule has 4 rings (SSSR count). The molecule has 1 aliphatic heterocycles. The molecule has 1 fully saturated rings. The monoisotopic (exact) mass is 343 g/mol. The van der Waals surface area contributed by atoms with E-state index in [4.69, 9.17) is 4.74 Å². The van der Waals surface area contributed by atoms with Gasteiger partial charge in [-0.3, -0.25) is 4.90 Å². The fraction of sp³-hybridized carbons (Fsp3) is 0.375. The van der Waals surface area contributed by atoms with E-state index in [-0.39, 0.29) is 11.9 Å². The molecule has 1 N–H and O–H groups in total. The minimum atomic E-state index is -0.233. The van der Waals surface area contributed by atoms with E-state index >= 15 is 0 Å². The van der Waals surface area contributed by atoms with Gasteiger partial charge in [-0.05, 0) is 40.3 Å². The summed E-state index contributed by atoms with van der Waals surface area (Å²) < 4.78 is 20.1. The van der Waals surface area contributed by atoms with Crippen molar-refractivity contribution >= 4 is 11.5 Å². The number of benzene rings is 1. The fourth-order valence-corrected chi connectivity index (χ4v) is 2.98. The second-order valence-corrected chi connectivity index (χ2v) is 5.84. The van der Waals surface area contributed by atoms with Crippen LogP contribution in [-0.4, -0.2) is 63.0 Å². The predicted molar refractivity (Wildman–Crippen MR) is 88.6 cm³/mol. The van der Waals surface area contributed by atoms with E-state index in [2.05, 4.69) is 30.8 Å². The normalized spacial score (nSPS) is 16.8. The molecule has 0 radical (unpaired) electrons. The first-order valence-electron chi connectivity index (χ1n) is 8.16. The summed E-state index contributed by atoms with van der Waals surface area (Å²) in [5, 5.41) is 18.9. The SMILES string of the molecule is Fc1ccc([C@@H](CNc2ccc3nnnn3n2)N2CCOCC2)cc1. The molecule has 3 heterocycles. The lowest BCUT2D eigenvalue weighted by Gasteiger charge is -2.35. The smallest absolute Gasteiger partial charge is 0.200 e. The molecule has 0 bridgehead atoms. The van der Waals surface area contributed by atoms with E-state index in [9.17, 15) is 4.39 Å². The number of morpholine rings is 1. The lowest BCUT2D eigenvalue weighted by Crippen LogP contribution is -2.41. The number of nitrogens with zero attached hydrogens (tertiary/aromatic N) is 6. The van der Waals surface area contributed by atoms with Gasteiger partial charge in [-0.15, -0.1) is 14.8 Å². The van der Waals surface area contributed by atoms with Crippen molar-refractivity contribution in [2.75, 3.05) is 38.2 Å². The number of nitrogens with one attached hydrogen (secondary N) is 1. The molecule has 0 saturated carbocycles. The molecule has 1 atom stereocenters. The van der Waals surface area contributed by atoms with Crippen LogP contribution in [0.4, 0.5) is 10.2 Å². The van der Waals surface area contributed by atoms with Crippen LogP contribution in [0.1, 0.15) is 11.6 Å². The van der Waals surface area contributed by atoms with Gasteiger partial charge in [0.2, 0.25) is 0 Å². The topological polar surface area (TPSA) is 80.5 Å². The third kappa shape index (κ3) is 3.57. The van der Waals surface area contributed by atoms with Gasteiger partial charge in [0.05, 0.1) is 19.3 Å². The van der Waals surface area contributed by atoms with Gasteiger partial charge in [0.15, 0.2) is 5.65 Å². The highest BCUT2D eigenvalue weighted by atomic mass is 19.1. The van der Waals surface area contributed by atoms with Crippen molar-refractivity contribution in [2.24, 2.45) is 0 Å². The number of tetrazole rings is 1. The van der Waals surface area contributed by atoms with Gasteiger partial charge in [0, 0.05) is 19.6 Å². The number of hydrogen-bond acceptors (Lipinski definition) is 7. The third-order valence-electron chi connectivity index (χ3n) is 4.29. The Morgan fingerprint density at radius 3 is 2.72 bits per heavy atom. The summed E-state index contributed by atoms with van der Waals surface area (Å²) in [5.74, 6) is 0.448. The predicted octanol–water partition coefficient (Wildman–Crippen LogP) is 1.14. The maximum absolute atomic E-state index is 13.3. The van der Waals surface area contributed by atoms with Gasteiger partial charge in [-0.2, -0.15) is 0 Å². The first kappa shape index (κ1) is 15.9. The number of rotatable bonds is 5. The summed E-state index contributed by atoms with van der Waals surface area (Å²) >= 11 is 0. The van der Waals surface area contributed by atoms with Gasteiger partial charge in [-0.1, -0.05) is 12.1 Å². The molecule has 0 spiro atoms. The first-order valence-corrected chi connectivity index (χ1v) is 8.16. The highest BCUT2D eigenvalue weighted by molar-refractivity contribution is 5.42. The second kappa shape index (κ2) is 7.08. The minimum absolute atomic E-state index is 0.0934. The number of ether oxygens (including phenoxy) is 1. The average Bonchev–Trinajstić information content (AvgIpc) is 3.12. The molecule has 3 aromatic rings. The zero-order valence-corrected chi connectivity index (χ0v) is 13.5. The number of aromatic nitrogens is 5. The lowest BCUT2D eigenvalue weighted by atomic mass is 10.0. The molecule has 1 aromatic carbocycles. The highest BCUT2D eigenvalue weighted by Gasteiger charge is 2.22. The van der Waals surface area contributed by atoms with E-state index in [0.29, 0.717) is 31.2 Å². The molecule has 0 unspecified atom stereocenters. The van der Waals surface area contributed by atoms with Crippen molar-refractivity contribution in [3.05, 3.63) is 47.8 Å². The Labute approximate surface area is 143 Å². The van der Waals surface area contributed by atoms with Crippen LogP contribution in [0.3, 0.4) is 0 Å². The molecule has 0 amide bonds. The second-order valence-electron chi connectivity index (χ2n) is 5.84. The summed E-state index contributed by atoms with van der Waals surface area (Å²) in [7, 11) is 0. The number of fused-ring (bicyclic) bond motifs is 1. The van der Waals surface area contributed by atoms with Crippen molar-refractivity contribution in [3.63, 3.8) is 0 Å². The quantitative estimate of drug-likeness (QED) is 0.744. The fourth-order valence-electron chi connectivity index (χ4n) is 2.98. The average molecular weight is 343 g/mol. The molecule has 25 heavy (non-hydrogen) atoms. The Morgan fingerprint density at radius 2 is 1.92 bits per heavy atom. The molecular formula is C16H18FN7O. The van der Waals surface area contributed by atoms with Gasteiger partial charge in [-0.25, -0.2) is 4.39 Å². The van der Waals surface area contributed by atoms with Gasteiger partial charge >= 0.3 is 0 Å². The lowest BCUT2D eigenvalue weighted by molar-refractivity contribution is 0.0187. The van der Waals surface area contributed by atoms with Gasteiger partial charge in [0.25, 0.3) is 0 Å². The Kier molecular flexibility index (Phi) is 4.49. The Morgan fingerprint density at radius 1 is 1.12 bits per heavy atom. The van der Waals surface area contributed by atoms with E-state index in [1.807, 2.05) is 18.2 Å². The van der Waals surface area contributed by atoms with Crippen LogP contribution in [-0.2, 0) is 4.74 Å². The van der Waals surface area contributed by atoms with Gasteiger partial charge in [0.1, 0.15) is 11.6 Å². The van der Waals surface area contributed by atoms with Crippen molar-refractivity contribution in [1.29, 1.82) is 0 Å². The molecule has 1 aliphatic rings. The van der Waals surface area contributed by atoms with E-state index < -0.39 is 0 Å². The highest BCUT2D eigenvalue weighted by Crippen LogP contribution is 2.23. The first-order chi connectivity index (χ1) is 12.3. The Balaban J connectivity index is 1.53. The van der Waals surface area contributed by atoms with Crippen molar-refractivity contribution < 1.29 is 9.13 Å². The summed E-state index contributed by atoms with van der Waals surface area (Å²) in [4.78, 5) is 2.33. The van der Waals surface area contributed by atoms with Crippen LogP contribution >= 0.6 is 0 Å². The Bertz CT molecular complexity index is 832. The van der Waals surface area contributed by atoms with Crippen molar-refractivity contribution in [3.8, 4) is 0 Å². The van der Waals surface area contributed by atoms with Gasteiger partial charge < -0.3 is 10.1 Å². The van der Waals surface area contributed by atoms with Crippen LogP contribution in [0.5, 0.6) is 0 Å². The molecular weight excluding hydrogens is 325 g/mol. The van der Waals surface area contributed by atoms with Crippen LogP contribution in [0.15, 0.2) is 36.4 Å². The molecule has 9 heteroatoms. The van der Waals surface area contributed by atoms with Crippen molar-refractivity contribution in [2.45, 2.75) is 6.04 Å². The maximum Gasteiger partial charge on any atom is 0.200 e. The van der Waals surface area contributed by atoms with Crippen LogP contribution in [0, 0.1) is 5.82 Å². The van der Waals surface area contributed by atoms with E-state index in [0.717, 1.165) is 18.7 Å². The molecule has 0 aliphatic carbocycles. The maximum atomic E-state index is 13.3. The third-order valence-corrected chi connectivity index (χ3v) is 4.29. The Hall–Kier alpha value is -2.65. The zero-order chi connectivity index (χ0) is 17.1. The molecule has 8 nitrogen and oxygen atoms in total. The summed E-state index contributed by atoms with van der Waals surface area (Å²) in [6, 6.07) is 10.4. The van der Waals surface area contributed by atoms with Crippen LogP contribution < -0.4 is 5.32 Å². The zero-order valence-electron chi connectivity index (χ0n) is 13.5. The van der Waals surface area contributed by atoms with Crippen molar-refractivity contribution in [1.82, 2.24) is 30.2 Å². The number of hydrogen-bond donors (Lipinski definition) is 1. The summed E-state index contributed by atoms with van der Waals surface area (Å²) in [5.41, 5.74) is 1.65. The van der Waals surface area contributed by atoms with E-state index in [1.165, 1.54) is 16.8 Å². The minimum Gasteiger partial charge on any atom is -0.379 e. The summed E-state index contributed by atoms with van der Waals surface area (Å²) in [6.07, 6.45) is 0. The molecule has 130 valence electrons. The largest absolute Gasteiger partial charge is 0.379 e. The van der Waals surface area contributed by atoms with Crippen LogP contribution in [0.2, 0.25) is 0 Å². The molecule has 1 saturated heterocycles. The number of halogens is 1. The van der Waals surface area contributed by atoms with E-state index in [1.54, 1.807) is 6.07 Å². The molecule has 2 aromatic heterocycles. The summed E-state index contributed by atoms with van der Waals surface area (Å²) in [6.45, 7) is 3.71. The van der Waals surface area contributed by atoms with Crippen LogP contribution in [0.25, 0.3) is 5.65 Å². The number of anilines is 1.